The van der Waals surface area contributed by atoms with Gasteiger partial charge >= 0.3 is 5.69 Å². The molecule has 0 amide bonds. The van der Waals surface area contributed by atoms with Gasteiger partial charge in [0, 0.05) is 12.2 Å². The summed E-state index contributed by atoms with van der Waals surface area (Å²) in [7, 11) is 5.42. The fourth-order valence-electron chi connectivity index (χ4n) is 3.00. The van der Waals surface area contributed by atoms with Crippen molar-refractivity contribution in [3.05, 3.63) is 90.7 Å². The van der Waals surface area contributed by atoms with Crippen LogP contribution in [0.25, 0.3) is 0 Å². The maximum Gasteiger partial charge on any atom is 0.331 e. The van der Waals surface area contributed by atoms with Crippen LogP contribution in [-0.4, -0.2) is 9.13 Å². The molecule has 2 unspecified atom stereocenters. The number of hydrogen-bond acceptors (Lipinski definition) is 2. The molecule has 0 radical (unpaired) electrons. The highest BCUT2D eigenvalue weighted by Crippen LogP contribution is 2.12. The molecule has 140 valence electrons. The molecule has 3 aromatic rings. The molecule has 0 saturated carbocycles. The van der Waals surface area contributed by atoms with Gasteiger partial charge in [-0.05, 0) is 51.0 Å². The van der Waals surface area contributed by atoms with Crippen LogP contribution in [0.5, 0.6) is 0 Å². The molecule has 27 heavy (non-hydrogen) atoms. The second-order valence-electron chi connectivity index (χ2n) is 6.38. The lowest BCUT2D eigenvalue weighted by atomic mass is 10.1. The molecule has 1 aromatic heterocycles. The molecule has 0 bridgehead atoms. The molecular weight excluding hydrogens is 442 g/mol. The summed E-state index contributed by atoms with van der Waals surface area (Å²) >= 11 is 3.39. The first-order chi connectivity index (χ1) is 12.9. The summed E-state index contributed by atoms with van der Waals surface area (Å²) in [4.78, 5) is 25.8. The quantitative estimate of drug-likeness (QED) is 0.546. The molecule has 0 spiro atoms. The summed E-state index contributed by atoms with van der Waals surface area (Å²) in [6.07, 6.45) is 0.626. The third kappa shape index (κ3) is 4.32. The number of aromatic nitrogens is 2. The highest BCUT2D eigenvalue weighted by Gasteiger charge is 2.16. The minimum absolute atomic E-state index is 0.282. The molecule has 0 aliphatic heterocycles. The van der Waals surface area contributed by atoms with Crippen LogP contribution in [0.15, 0.2) is 62.6 Å². The van der Waals surface area contributed by atoms with E-state index in [1.54, 1.807) is 11.5 Å². The summed E-state index contributed by atoms with van der Waals surface area (Å²) in [6, 6.07) is 15.8. The lowest BCUT2D eigenvalue weighted by Crippen LogP contribution is -2.42. The maximum atomic E-state index is 13.1. The predicted molar refractivity (Wildman–Crippen MR) is 122 cm³/mol. The molecule has 0 saturated heterocycles. The van der Waals surface area contributed by atoms with E-state index >= 15 is 0 Å². The zero-order valence-corrected chi connectivity index (χ0v) is 18.9. The normalized spacial score (nSPS) is 11.0. The standard InChI is InChI=1S/C20H21BrN2O2P2/c1-13-18(21)19(24)22(11-10-14-6-3-2-4-7-14)20(25)23(13)12-15-16(26)8-5-9-17(15)27/h2-9H,10-12,26-27H2,1H3. The van der Waals surface area contributed by atoms with Crippen LogP contribution in [0.1, 0.15) is 16.8 Å². The average molecular weight is 463 g/mol. The smallest absolute Gasteiger partial charge is 0.292 e. The number of hydrogen-bond donors (Lipinski definition) is 0. The third-order valence-electron chi connectivity index (χ3n) is 4.65. The van der Waals surface area contributed by atoms with Gasteiger partial charge in [0.1, 0.15) is 4.47 Å². The van der Waals surface area contributed by atoms with Gasteiger partial charge in [-0.2, -0.15) is 0 Å². The first-order valence-electron chi connectivity index (χ1n) is 8.56. The molecule has 0 fully saturated rings. The highest BCUT2D eigenvalue weighted by atomic mass is 79.9. The number of halogens is 1. The number of nitrogens with zero attached hydrogens (tertiary/aromatic N) is 2. The van der Waals surface area contributed by atoms with Crippen LogP contribution in [-0.2, 0) is 19.5 Å². The molecule has 1 heterocycles. The Balaban J connectivity index is 2.03. The zero-order chi connectivity index (χ0) is 19.6. The van der Waals surface area contributed by atoms with Crippen molar-refractivity contribution in [3.63, 3.8) is 0 Å². The minimum atomic E-state index is -0.283. The molecule has 0 aliphatic rings. The van der Waals surface area contributed by atoms with Crippen LogP contribution in [0.2, 0.25) is 0 Å². The summed E-state index contributed by atoms with van der Waals surface area (Å²) < 4.78 is 3.41. The Bertz CT molecular complexity index is 1070. The van der Waals surface area contributed by atoms with Gasteiger partial charge in [-0.1, -0.05) is 48.5 Å². The fourth-order valence-corrected chi connectivity index (χ4v) is 4.33. The Morgan fingerprint density at radius 3 is 2.19 bits per heavy atom. The topological polar surface area (TPSA) is 44.0 Å². The Hall–Kier alpha value is -1.54. The van der Waals surface area contributed by atoms with Gasteiger partial charge in [-0.15, -0.1) is 18.5 Å². The third-order valence-corrected chi connectivity index (χ3v) is 6.64. The van der Waals surface area contributed by atoms with E-state index in [9.17, 15) is 9.59 Å². The van der Waals surface area contributed by atoms with Gasteiger partial charge in [0.25, 0.3) is 5.56 Å². The monoisotopic (exact) mass is 462 g/mol. The predicted octanol–water partition coefficient (Wildman–Crippen LogP) is 2.37. The molecular formula is C20H21BrN2O2P2. The van der Waals surface area contributed by atoms with E-state index in [4.69, 9.17) is 0 Å². The van der Waals surface area contributed by atoms with Crippen molar-refractivity contribution in [2.75, 3.05) is 0 Å². The van der Waals surface area contributed by atoms with Gasteiger partial charge < -0.3 is 0 Å². The van der Waals surface area contributed by atoms with Gasteiger partial charge in [0.2, 0.25) is 0 Å². The van der Waals surface area contributed by atoms with Gasteiger partial charge in [0.15, 0.2) is 0 Å². The van der Waals surface area contributed by atoms with Crippen molar-refractivity contribution >= 4 is 45.0 Å². The molecule has 7 heteroatoms. The van der Waals surface area contributed by atoms with E-state index in [1.807, 2.05) is 48.5 Å². The number of benzene rings is 2. The Morgan fingerprint density at radius 1 is 0.926 bits per heavy atom. The van der Waals surface area contributed by atoms with E-state index in [2.05, 4.69) is 34.4 Å². The Kier molecular flexibility index (Phi) is 6.47. The first kappa shape index (κ1) is 20.2. The van der Waals surface area contributed by atoms with Crippen molar-refractivity contribution in [1.82, 2.24) is 9.13 Å². The van der Waals surface area contributed by atoms with Crippen LogP contribution >= 0.6 is 34.4 Å². The molecule has 0 N–H and O–H groups in total. The van der Waals surface area contributed by atoms with E-state index in [0.29, 0.717) is 29.7 Å². The second-order valence-corrected chi connectivity index (χ2v) is 8.41. The molecule has 4 nitrogen and oxygen atoms in total. The van der Waals surface area contributed by atoms with Crippen molar-refractivity contribution in [2.45, 2.75) is 26.4 Å². The molecule has 0 aliphatic carbocycles. The summed E-state index contributed by atoms with van der Waals surface area (Å²) in [6.45, 7) is 2.55. The zero-order valence-electron chi connectivity index (χ0n) is 15.0. The lowest BCUT2D eigenvalue weighted by molar-refractivity contribution is 0.560. The minimum Gasteiger partial charge on any atom is -0.292 e. The largest absolute Gasteiger partial charge is 0.331 e. The van der Waals surface area contributed by atoms with Gasteiger partial charge in [-0.25, -0.2) is 4.79 Å². The fraction of sp³-hybridized carbons (Fsp3) is 0.200. The number of aryl methyl sites for hydroxylation is 1. The number of rotatable bonds is 5. The molecule has 2 aromatic carbocycles. The van der Waals surface area contributed by atoms with E-state index in [-0.39, 0.29) is 11.2 Å². The lowest BCUT2D eigenvalue weighted by Gasteiger charge is -2.17. The van der Waals surface area contributed by atoms with Crippen molar-refractivity contribution in [1.29, 1.82) is 0 Å². The second kappa shape index (κ2) is 8.65. The van der Waals surface area contributed by atoms with Crippen LogP contribution < -0.4 is 21.9 Å². The van der Waals surface area contributed by atoms with E-state index < -0.39 is 0 Å². The summed E-state index contributed by atoms with van der Waals surface area (Å²) in [5, 5.41) is 2.07. The van der Waals surface area contributed by atoms with Gasteiger partial charge in [0.05, 0.1) is 6.54 Å². The first-order valence-corrected chi connectivity index (χ1v) is 10.5. The van der Waals surface area contributed by atoms with E-state index in [0.717, 1.165) is 21.7 Å². The SMILES string of the molecule is Cc1c(Br)c(=O)n(CCc2ccccc2)c(=O)n1Cc1c(P)cccc1P. The van der Waals surface area contributed by atoms with Gasteiger partial charge in [-0.3, -0.25) is 13.9 Å². The molecule has 2 atom stereocenters. The maximum absolute atomic E-state index is 13.1. The van der Waals surface area contributed by atoms with Crippen LogP contribution in [0, 0.1) is 6.92 Å². The van der Waals surface area contributed by atoms with Crippen molar-refractivity contribution in [2.24, 2.45) is 0 Å². The van der Waals surface area contributed by atoms with Crippen LogP contribution in [0.4, 0.5) is 0 Å². The van der Waals surface area contributed by atoms with E-state index in [1.165, 1.54) is 4.57 Å². The Labute approximate surface area is 171 Å². The summed E-state index contributed by atoms with van der Waals surface area (Å²) in [5.74, 6) is 0. The highest BCUT2D eigenvalue weighted by molar-refractivity contribution is 9.10. The Morgan fingerprint density at radius 2 is 1.56 bits per heavy atom. The van der Waals surface area contributed by atoms with Crippen LogP contribution in [0.3, 0.4) is 0 Å². The van der Waals surface area contributed by atoms with Crippen molar-refractivity contribution < 1.29 is 0 Å². The summed E-state index contributed by atoms with van der Waals surface area (Å²) in [5.41, 5.74) is 2.20. The average Bonchev–Trinajstić information content (AvgIpc) is 2.66. The molecule has 3 rings (SSSR count). The van der Waals surface area contributed by atoms with Crippen molar-refractivity contribution in [3.8, 4) is 0 Å².